The molecule has 14 heteroatoms. The van der Waals surface area contributed by atoms with Crippen LogP contribution in [-0.4, -0.2) is 47.8 Å². The lowest BCUT2D eigenvalue weighted by atomic mass is 10.1. The van der Waals surface area contributed by atoms with Crippen molar-refractivity contribution in [3.8, 4) is 0 Å². The maximum Gasteiger partial charge on any atom is 0.376 e. The van der Waals surface area contributed by atoms with Crippen molar-refractivity contribution in [3.05, 3.63) is 59.7 Å². The highest BCUT2D eigenvalue weighted by Crippen LogP contribution is 2.46. The van der Waals surface area contributed by atoms with Crippen LogP contribution in [0.2, 0.25) is 0 Å². The Kier molecular flexibility index (Phi) is 7.58. The fourth-order valence-electron chi connectivity index (χ4n) is 2.30. The molecule has 0 unspecified atom stereocenters. The summed E-state index contributed by atoms with van der Waals surface area (Å²) in [7, 11) is -9.95. The maximum absolute atomic E-state index is 14.0. The van der Waals surface area contributed by atoms with Crippen molar-refractivity contribution in [1.82, 2.24) is 0 Å². The Morgan fingerprint density at radius 1 is 0.606 bits per heavy atom. The van der Waals surface area contributed by atoms with E-state index in [0.29, 0.717) is 11.1 Å². The number of hydrogen-bond acceptors (Lipinski definition) is 6. The molecular weight excluding hydrogens is 502 g/mol. The van der Waals surface area contributed by atoms with E-state index < -0.39 is 61.0 Å². The first-order chi connectivity index (χ1) is 14.9. The molecule has 2 aromatic carbocycles. The number of benzene rings is 2. The molecule has 33 heavy (non-hydrogen) atoms. The Balaban J connectivity index is 2.15. The van der Waals surface area contributed by atoms with E-state index in [0.717, 1.165) is 24.3 Å². The molecule has 0 aliphatic rings. The molecule has 2 rings (SSSR count). The van der Waals surface area contributed by atoms with Gasteiger partial charge in [0.15, 0.2) is 0 Å². The molecule has 0 amide bonds. The van der Waals surface area contributed by atoms with Crippen LogP contribution >= 0.6 is 0 Å². The predicted octanol–water partition coefficient (Wildman–Crippen LogP) is 4.32. The second-order valence-corrected chi connectivity index (χ2v) is 10.3. The maximum atomic E-state index is 14.0. The number of halogens is 6. The van der Waals surface area contributed by atoms with Crippen LogP contribution in [0.1, 0.15) is 11.1 Å². The lowest BCUT2D eigenvalue weighted by molar-refractivity contribution is -0.319. The molecule has 0 fully saturated rings. The van der Waals surface area contributed by atoms with E-state index in [1.807, 2.05) is 0 Å². The second kappa shape index (κ2) is 9.24. The zero-order chi connectivity index (χ0) is 25.3. The summed E-state index contributed by atoms with van der Waals surface area (Å²) in [5.74, 6) is -17.7. The summed E-state index contributed by atoms with van der Waals surface area (Å²) in [6, 6.07) is 8.84. The Morgan fingerprint density at radius 2 is 0.879 bits per heavy atom. The van der Waals surface area contributed by atoms with E-state index >= 15 is 0 Å². The minimum Gasteiger partial charge on any atom is -0.260 e. The molecule has 0 N–H and O–H groups in total. The zero-order valence-corrected chi connectivity index (χ0v) is 18.7. The molecule has 184 valence electrons. The average Bonchev–Trinajstić information content (AvgIpc) is 2.71. The SMILES string of the molecule is Cc1ccc(S(=O)(=O)OCC(F)(F)C(F)(F)C(F)(F)COS(=O)(=O)c2ccc(C)cc2)cc1. The van der Waals surface area contributed by atoms with Crippen molar-refractivity contribution in [3.63, 3.8) is 0 Å². The Bertz CT molecular complexity index is 1080. The van der Waals surface area contributed by atoms with Crippen molar-refractivity contribution in [2.45, 2.75) is 41.4 Å². The van der Waals surface area contributed by atoms with Gasteiger partial charge >= 0.3 is 17.8 Å². The summed E-state index contributed by atoms with van der Waals surface area (Å²) in [5, 5.41) is 0. The predicted molar refractivity (Wildman–Crippen MR) is 103 cm³/mol. The standard InChI is InChI=1S/C19H18F6O6S2/c1-13-3-7-15(8-4-13)32(26,27)30-11-17(20,21)19(24,25)18(22,23)12-31-33(28,29)16-9-5-14(2)6-10-16/h3-10H,11-12H2,1-2H3. The zero-order valence-electron chi connectivity index (χ0n) is 17.1. The second-order valence-electron chi connectivity index (χ2n) is 7.04. The van der Waals surface area contributed by atoms with Gasteiger partial charge in [0.25, 0.3) is 20.2 Å². The third-order valence-corrected chi connectivity index (χ3v) is 6.88. The van der Waals surface area contributed by atoms with E-state index in [1.54, 1.807) is 13.8 Å². The Hall–Kier alpha value is -2.16. The van der Waals surface area contributed by atoms with Gasteiger partial charge in [-0.15, -0.1) is 0 Å². The fourth-order valence-corrected chi connectivity index (χ4v) is 4.12. The van der Waals surface area contributed by atoms with Crippen molar-refractivity contribution < 1.29 is 51.5 Å². The molecule has 0 saturated heterocycles. The van der Waals surface area contributed by atoms with Crippen LogP contribution in [0, 0.1) is 13.8 Å². The average molecular weight is 520 g/mol. The van der Waals surface area contributed by atoms with Crippen molar-refractivity contribution in [1.29, 1.82) is 0 Å². The summed E-state index contributed by atoms with van der Waals surface area (Å²) >= 11 is 0. The van der Waals surface area contributed by atoms with Gasteiger partial charge in [-0.25, -0.2) is 0 Å². The minimum absolute atomic E-state index is 0.589. The van der Waals surface area contributed by atoms with Crippen LogP contribution in [-0.2, 0) is 28.6 Å². The largest absolute Gasteiger partial charge is 0.376 e. The minimum atomic E-state index is -6.23. The van der Waals surface area contributed by atoms with Gasteiger partial charge in [0, 0.05) is 0 Å². The van der Waals surface area contributed by atoms with Crippen molar-refractivity contribution >= 4 is 20.2 Å². The highest BCUT2D eigenvalue weighted by Gasteiger charge is 2.72. The van der Waals surface area contributed by atoms with Crippen LogP contribution in [0.3, 0.4) is 0 Å². The Morgan fingerprint density at radius 3 is 1.15 bits per heavy atom. The van der Waals surface area contributed by atoms with Crippen LogP contribution in [0.4, 0.5) is 26.3 Å². The normalized spacial score (nSPS) is 13.8. The van der Waals surface area contributed by atoms with Crippen molar-refractivity contribution in [2.24, 2.45) is 0 Å². The lowest BCUT2D eigenvalue weighted by Gasteiger charge is -2.32. The van der Waals surface area contributed by atoms with Crippen LogP contribution in [0.25, 0.3) is 0 Å². The molecule has 0 radical (unpaired) electrons. The topological polar surface area (TPSA) is 86.7 Å². The first-order valence-corrected chi connectivity index (χ1v) is 11.8. The molecule has 0 saturated carbocycles. The van der Waals surface area contributed by atoms with Gasteiger partial charge in [0.1, 0.15) is 13.2 Å². The molecule has 6 nitrogen and oxygen atoms in total. The smallest absolute Gasteiger partial charge is 0.260 e. The van der Waals surface area contributed by atoms with E-state index in [9.17, 15) is 43.2 Å². The summed E-state index contributed by atoms with van der Waals surface area (Å²) in [6.07, 6.45) is 0. The van der Waals surface area contributed by atoms with Crippen molar-refractivity contribution in [2.75, 3.05) is 13.2 Å². The first kappa shape index (κ1) is 27.1. The van der Waals surface area contributed by atoms with Gasteiger partial charge < -0.3 is 0 Å². The van der Waals surface area contributed by atoms with E-state index in [2.05, 4.69) is 8.37 Å². The molecular formula is C19H18F6O6S2. The van der Waals surface area contributed by atoms with Crippen LogP contribution < -0.4 is 0 Å². The van der Waals surface area contributed by atoms with E-state index in [4.69, 9.17) is 0 Å². The quantitative estimate of drug-likeness (QED) is 0.343. The molecule has 0 aliphatic heterocycles. The number of rotatable bonds is 10. The first-order valence-electron chi connectivity index (χ1n) is 8.97. The molecule has 0 heterocycles. The van der Waals surface area contributed by atoms with Gasteiger partial charge in [-0.05, 0) is 38.1 Å². The molecule has 0 aromatic heterocycles. The molecule has 0 atom stereocenters. The number of alkyl halides is 6. The highest BCUT2D eigenvalue weighted by atomic mass is 32.2. The summed E-state index contributed by atoms with van der Waals surface area (Å²) in [6.45, 7) is -2.10. The fraction of sp³-hybridized carbons (Fsp3) is 0.368. The van der Waals surface area contributed by atoms with E-state index in [1.165, 1.54) is 24.3 Å². The van der Waals surface area contributed by atoms with Gasteiger partial charge in [0.2, 0.25) is 0 Å². The third-order valence-electron chi connectivity index (χ3n) is 4.33. The molecule has 0 spiro atoms. The van der Waals surface area contributed by atoms with Gasteiger partial charge in [-0.3, -0.25) is 8.37 Å². The third kappa shape index (κ3) is 6.05. The number of hydrogen-bond donors (Lipinski definition) is 0. The molecule has 0 aliphatic carbocycles. The van der Waals surface area contributed by atoms with Gasteiger partial charge in [-0.2, -0.15) is 43.2 Å². The van der Waals surface area contributed by atoms with E-state index in [-0.39, 0.29) is 0 Å². The highest BCUT2D eigenvalue weighted by molar-refractivity contribution is 7.87. The van der Waals surface area contributed by atoms with Crippen LogP contribution in [0.15, 0.2) is 58.3 Å². The number of aryl methyl sites for hydroxylation is 2. The monoisotopic (exact) mass is 520 g/mol. The molecule has 2 aromatic rings. The van der Waals surface area contributed by atoms with Gasteiger partial charge in [-0.1, -0.05) is 35.4 Å². The summed E-state index contributed by atoms with van der Waals surface area (Å²) < 4.78 is 139. The van der Waals surface area contributed by atoms with Crippen LogP contribution in [0.5, 0.6) is 0 Å². The van der Waals surface area contributed by atoms with Gasteiger partial charge in [0.05, 0.1) is 9.79 Å². The lowest BCUT2D eigenvalue weighted by Crippen LogP contribution is -2.58. The molecule has 0 bridgehead atoms. The summed E-state index contributed by atoms with van der Waals surface area (Å²) in [4.78, 5) is -1.32. The summed E-state index contributed by atoms with van der Waals surface area (Å²) in [5.41, 5.74) is 1.18. The Labute approximate surface area is 186 Å².